The highest BCUT2D eigenvalue weighted by Gasteiger charge is 2.52. The number of anilines is 1. The summed E-state index contributed by atoms with van der Waals surface area (Å²) in [6.45, 7) is 9.75. The fourth-order valence-electron chi connectivity index (χ4n) is 6.23. The highest BCUT2D eigenvalue weighted by Crippen LogP contribution is 2.38. The van der Waals surface area contributed by atoms with Gasteiger partial charge in [0.2, 0.25) is 0 Å². The van der Waals surface area contributed by atoms with Gasteiger partial charge in [-0.2, -0.15) is 5.01 Å². The lowest BCUT2D eigenvalue weighted by atomic mass is 9.97. The number of nitrogens with zero attached hydrogens (tertiary/aromatic N) is 4. The second-order valence-corrected chi connectivity index (χ2v) is 9.48. The van der Waals surface area contributed by atoms with Gasteiger partial charge < -0.3 is 15.1 Å². The Morgan fingerprint density at radius 1 is 0.750 bits per heavy atom. The number of hydrogen-bond donors (Lipinski definition) is 1. The van der Waals surface area contributed by atoms with Crippen LogP contribution in [0.5, 0.6) is 0 Å². The van der Waals surface area contributed by atoms with Crippen molar-refractivity contribution in [2.24, 2.45) is 0 Å². The smallest absolute Gasteiger partial charge is 0.172 e. The van der Waals surface area contributed by atoms with Crippen LogP contribution in [0, 0.1) is 0 Å². The van der Waals surface area contributed by atoms with Gasteiger partial charge in [0.15, 0.2) is 5.79 Å². The Labute approximate surface area is 191 Å². The van der Waals surface area contributed by atoms with E-state index in [4.69, 9.17) is 4.74 Å². The number of aryl methyl sites for hydroxylation is 1. The molecular formula is C26H35N5O. The molecule has 4 heterocycles. The van der Waals surface area contributed by atoms with Crippen LogP contribution in [-0.2, 0) is 24.1 Å². The summed E-state index contributed by atoms with van der Waals surface area (Å²) in [7, 11) is 0. The molecular weight excluding hydrogens is 398 g/mol. The third kappa shape index (κ3) is 3.45. The number of ether oxygens (including phenoxy) is 1. The molecule has 0 saturated carbocycles. The molecule has 1 unspecified atom stereocenters. The third-order valence-corrected chi connectivity index (χ3v) is 7.79. The quantitative estimate of drug-likeness (QED) is 0.800. The molecule has 0 amide bonds. The lowest BCUT2D eigenvalue weighted by Gasteiger charge is -2.62. The lowest BCUT2D eigenvalue weighted by Crippen LogP contribution is -2.79. The van der Waals surface area contributed by atoms with Gasteiger partial charge in [0.1, 0.15) is 0 Å². The Morgan fingerprint density at radius 2 is 1.53 bits per heavy atom. The van der Waals surface area contributed by atoms with Gasteiger partial charge in [-0.3, -0.25) is 9.80 Å². The van der Waals surface area contributed by atoms with E-state index in [1.807, 2.05) is 0 Å². The first kappa shape index (κ1) is 20.6. The first-order valence-electron chi connectivity index (χ1n) is 12.3. The molecule has 1 N–H and O–H groups in total. The summed E-state index contributed by atoms with van der Waals surface area (Å²) >= 11 is 0. The Bertz CT molecular complexity index is 945. The van der Waals surface area contributed by atoms with Crippen molar-refractivity contribution in [2.45, 2.75) is 31.6 Å². The average Bonchev–Trinajstić information content (AvgIpc) is 2.88. The number of hydrogen-bond acceptors (Lipinski definition) is 6. The Balaban J connectivity index is 1.43. The summed E-state index contributed by atoms with van der Waals surface area (Å²) in [5.74, 6) is -0.252. The van der Waals surface area contributed by atoms with Gasteiger partial charge in [0.25, 0.3) is 0 Å². The van der Waals surface area contributed by atoms with Crippen LogP contribution in [0.3, 0.4) is 0 Å². The summed E-state index contributed by atoms with van der Waals surface area (Å²) in [6.07, 6.45) is 3.48. The summed E-state index contributed by atoms with van der Waals surface area (Å²) in [6, 6.07) is 18.0. The highest BCUT2D eigenvalue weighted by molar-refractivity contribution is 5.54. The van der Waals surface area contributed by atoms with Crippen molar-refractivity contribution in [3.63, 3.8) is 0 Å². The van der Waals surface area contributed by atoms with Gasteiger partial charge in [0, 0.05) is 52.4 Å². The van der Waals surface area contributed by atoms with E-state index >= 15 is 0 Å². The number of fused-ring (bicyclic) bond motifs is 2. The maximum Gasteiger partial charge on any atom is 0.172 e. The monoisotopic (exact) mass is 433 g/mol. The molecule has 1 atom stereocenters. The lowest BCUT2D eigenvalue weighted by molar-refractivity contribution is -0.241. The minimum atomic E-state index is -0.252. The van der Waals surface area contributed by atoms with E-state index in [1.54, 1.807) is 0 Å². The zero-order valence-corrected chi connectivity index (χ0v) is 19.0. The topological polar surface area (TPSA) is 34.2 Å². The van der Waals surface area contributed by atoms with Crippen molar-refractivity contribution < 1.29 is 4.74 Å². The van der Waals surface area contributed by atoms with Crippen LogP contribution in [0.1, 0.15) is 23.1 Å². The van der Waals surface area contributed by atoms with Crippen molar-refractivity contribution in [3.8, 4) is 0 Å². The van der Waals surface area contributed by atoms with Crippen molar-refractivity contribution in [3.05, 3.63) is 65.2 Å². The molecule has 170 valence electrons. The fourth-order valence-corrected chi connectivity index (χ4v) is 6.23. The molecule has 4 aliphatic rings. The number of hydrazine groups is 1. The van der Waals surface area contributed by atoms with Crippen LogP contribution in [0.2, 0.25) is 0 Å². The Morgan fingerprint density at radius 3 is 2.41 bits per heavy atom. The van der Waals surface area contributed by atoms with E-state index in [0.29, 0.717) is 0 Å². The molecule has 0 aromatic heterocycles. The van der Waals surface area contributed by atoms with Crippen LogP contribution in [0.25, 0.3) is 0 Å². The van der Waals surface area contributed by atoms with Crippen molar-refractivity contribution in [1.29, 1.82) is 0 Å². The van der Waals surface area contributed by atoms with Crippen LogP contribution >= 0.6 is 0 Å². The van der Waals surface area contributed by atoms with Gasteiger partial charge in [-0.05, 0) is 42.0 Å². The third-order valence-electron chi connectivity index (χ3n) is 7.79. The standard InChI is InChI=1S/C26H35N5O/c1-2-8-24-20-29(15-11-22(24)6-1)26(28-16-12-27-13-17-28)21-32-19-18-31(26)30-14-5-9-23-7-3-4-10-25(23)30/h1-4,6-8,10,27H,5,9,11-21H2. The van der Waals surface area contributed by atoms with Crippen LogP contribution < -0.4 is 10.3 Å². The van der Waals surface area contributed by atoms with E-state index in [9.17, 15) is 0 Å². The summed E-state index contributed by atoms with van der Waals surface area (Å²) in [5.41, 5.74) is 5.84. The first-order valence-corrected chi connectivity index (χ1v) is 12.3. The molecule has 6 rings (SSSR count). The molecule has 0 radical (unpaired) electrons. The zero-order valence-electron chi connectivity index (χ0n) is 19.0. The number of para-hydroxylation sites is 1. The Hall–Kier alpha value is -1.96. The maximum absolute atomic E-state index is 6.32. The second-order valence-electron chi connectivity index (χ2n) is 9.48. The molecule has 6 nitrogen and oxygen atoms in total. The van der Waals surface area contributed by atoms with Gasteiger partial charge in [-0.15, -0.1) is 0 Å². The maximum atomic E-state index is 6.32. The van der Waals surface area contributed by atoms with Crippen LogP contribution in [0.15, 0.2) is 48.5 Å². The van der Waals surface area contributed by atoms with Gasteiger partial charge in [-0.1, -0.05) is 42.5 Å². The molecule has 6 heteroatoms. The number of rotatable bonds is 3. The predicted molar refractivity (Wildman–Crippen MR) is 127 cm³/mol. The fraction of sp³-hybridized carbons (Fsp3) is 0.538. The summed E-state index contributed by atoms with van der Waals surface area (Å²) in [4.78, 5) is 5.42. The molecule has 2 saturated heterocycles. The largest absolute Gasteiger partial charge is 0.375 e. The van der Waals surface area contributed by atoms with Crippen molar-refractivity contribution in [2.75, 3.05) is 64.0 Å². The normalized spacial score (nSPS) is 27.7. The average molecular weight is 434 g/mol. The minimum Gasteiger partial charge on any atom is -0.375 e. The summed E-state index contributed by atoms with van der Waals surface area (Å²) in [5, 5.41) is 8.86. The zero-order chi connectivity index (χ0) is 21.4. The van der Waals surface area contributed by atoms with Gasteiger partial charge in [-0.25, -0.2) is 0 Å². The molecule has 32 heavy (non-hydrogen) atoms. The van der Waals surface area contributed by atoms with Gasteiger partial charge >= 0.3 is 0 Å². The number of piperazine rings is 1. The molecule has 0 spiro atoms. The molecule has 0 aliphatic carbocycles. The molecule has 2 aromatic carbocycles. The molecule has 2 aromatic rings. The van der Waals surface area contributed by atoms with E-state index in [-0.39, 0.29) is 5.79 Å². The molecule has 4 aliphatic heterocycles. The predicted octanol–water partition coefficient (Wildman–Crippen LogP) is 2.30. The second kappa shape index (κ2) is 8.76. The van der Waals surface area contributed by atoms with Crippen LogP contribution in [0.4, 0.5) is 5.69 Å². The number of nitrogens with one attached hydrogen (secondary N) is 1. The number of benzene rings is 2. The Kier molecular flexibility index (Phi) is 5.65. The van der Waals surface area contributed by atoms with E-state index in [2.05, 4.69) is 73.7 Å². The summed E-state index contributed by atoms with van der Waals surface area (Å²) < 4.78 is 6.32. The van der Waals surface area contributed by atoms with Crippen molar-refractivity contribution >= 4 is 5.69 Å². The van der Waals surface area contributed by atoms with Crippen molar-refractivity contribution in [1.82, 2.24) is 20.1 Å². The molecule has 0 bridgehead atoms. The van der Waals surface area contributed by atoms with Crippen LogP contribution in [-0.4, -0.2) is 79.6 Å². The number of morpholine rings is 1. The molecule has 2 fully saturated rings. The SMILES string of the molecule is c1ccc2c(c1)CCN(C1(N3CCNCC3)COCCN1N1CCCc3ccccc31)C2. The minimum absolute atomic E-state index is 0.252. The van der Waals surface area contributed by atoms with E-state index < -0.39 is 0 Å². The van der Waals surface area contributed by atoms with E-state index in [0.717, 1.165) is 72.0 Å². The van der Waals surface area contributed by atoms with E-state index in [1.165, 1.54) is 35.2 Å². The highest BCUT2D eigenvalue weighted by atomic mass is 16.5. The first-order chi connectivity index (χ1) is 15.9. The van der Waals surface area contributed by atoms with Gasteiger partial charge in [0.05, 0.1) is 18.9 Å².